The van der Waals surface area contributed by atoms with Crippen molar-refractivity contribution in [2.75, 3.05) is 0 Å². The van der Waals surface area contributed by atoms with E-state index in [0.717, 1.165) is 13.4 Å². The molecule has 0 fully saturated rings. The fraction of sp³-hybridized carbons (Fsp3) is 0. The first-order chi connectivity index (χ1) is 13.1. The molecule has 4 aromatic rings. The molecule has 0 unspecified atom stereocenters. The van der Waals surface area contributed by atoms with Crippen molar-refractivity contribution in [3.63, 3.8) is 0 Å². The predicted molar refractivity (Wildman–Crippen MR) is 126 cm³/mol. The summed E-state index contributed by atoms with van der Waals surface area (Å²) in [5.41, 5.74) is 7.14. The van der Waals surface area contributed by atoms with Crippen LogP contribution in [0.25, 0.3) is 33.4 Å². The summed E-state index contributed by atoms with van der Waals surface area (Å²) in [5.74, 6) is 0. The predicted octanol–water partition coefficient (Wildman–Crippen LogP) is 8.98. The Bertz CT molecular complexity index is 1070. The van der Waals surface area contributed by atoms with Crippen molar-refractivity contribution in [2.45, 2.75) is 0 Å². The SMILES string of the molecule is Brc1ccc(-c2cc(-c3ccccc3)c(Br)c(-c3ccc(Br)cc3)c2)cc1. The second kappa shape index (κ2) is 8.14. The van der Waals surface area contributed by atoms with Crippen molar-refractivity contribution < 1.29 is 0 Å². The van der Waals surface area contributed by atoms with Gasteiger partial charge in [-0.1, -0.05) is 86.5 Å². The van der Waals surface area contributed by atoms with E-state index in [1.54, 1.807) is 0 Å². The van der Waals surface area contributed by atoms with Gasteiger partial charge < -0.3 is 0 Å². The first-order valence-corrected chi connectivity index (χ1v) is 10.9. The van der Waals surface area contributed by atoms with Crippen LogP contribution in [0, 0.1) is 0 Å². The molecule has 3 heteroatoms. The van der Waals surface area contributed by atoms with Crippen molar-refractivity contribution in [3.05, 3.63) is 104 Å². The molecule has 0 nitrogen and oxygen atoms in total. The zero-order valence-electron chi connectivity index (χ0n) is 14.3. The second-order valence-corrected chi connectivity index (χ2v) is 8.89. The molecule has 0 aliphatic rings. The highest BCUT2D eigenvalue weighted by molar-refractivity contribution is 9.11. The number of hydrogen-bond donors (Lipinski definition) is 0. The highest BCUT2D eigenvalue weighted by Gasteiger charge is 2.13. The van der Waals surface area contributed by atoms with Crippen LogP contribution in [0.2, 0.25) is 0 Å². The average Bonchev–Trinajstić information content (AvgIpc) is 2.70. The molecule has 132 valence electrons. The zero-order valence-corrected chi connectivity index (χ0v) is 19.1. The average molecular weight is 543 g/mol. The molecule has 0 amide bonds. The van der Waals surface area contributed by atoms with Gasteiger partial charge in [0, 0.05) is 13.4 Å². The maximum atomic E-state index is 3.87. The minimum Gasteiger partial charge on any atom is -0.0622 e. The Morgan fingerprint density at radius 2 is 0.852 bits per heavy atom. The van der Waals surface area contributed by atoms with Crippen LogP contribution >= 0.6 is 47.8 Å². The van der Waals surface area contributed by atoms with Gasteiger partial charge in [0.05, 0.1) is 0 Å². The van der Waals surface area contributed by atoms with Gasteiger partial charge in [0.2, 0.25) is 0 Å². The third-order valence-corrected chi connectivity index (χ3v) is 6.40. The quantitative estimate of drug-likeness (QED) is 0.242. The molecule has 0 bridgehead atoms. The van der Waals surface area contributed by atoms with Gasteiger partial charge in [-0.25, -0.2) is 0 Å². The standard InChI is InChI=1S/C24H15Br3/c25-20-10-6-16(7-11-20)19-14-22(17-4-2-1-3-5-17)24(27)23(15-19)18-8-12-21(26)13-9-18/h1-15H. The van der Waals surface area contributed by atoms with Gasteiger partial charge >= 0.3 is 0 Å². The van der Waals surface area contributed by atoms with Crippen LogP contribution in [0.3, 0.4) is 0 Å². The van der Waals surface area contributed by atoms with E-state index >= 15 is 0 Å². The molecule has 0 saturated carbocycles. The van der Waals surface area contributed by atoms with Gasteiger partial charge in [-0.2, -0.15) is 0 Å². The van der Waals surface area contributed by atoms with Crippen molar-refractivity contribution in [1.29, 1.82) is 0 Å². The van der Waals surface area contributed by atoms with E-state index in [-0.39, 0.29) is 0 Å². The van der Waals surface area contributed by atoms with Gasteiger partial charge in [-0.15, -0.1) is 0 Å². The van der Waals surface area contributed by atoms with E-state index in [1.807, 2.05) is 6.07 Å². The van der Waals surface area contributed by atoms with Gasteiger partial charge in [0.25, 0.3) is 0 Å². The van der Waals surface area contributed by atoms with Crippen molar-refractivity contribution in [3.8, 4) is 33.4 Å². The summed E-state index contributed by atoms with van der Waals surface area (Å²) in [7, 11) is 0. The number of halogens is 3. The fourth-order valence-corrected chi connectivity index (χ4v) is 4.32. The van der Waals surface area contributed by atoms with Crippen LogP contribution in [0.15, 0.2) is 104 Å². The third-order valence-electron chi connectivity index (χ3n) is 4.49. The van der Waals surface area contributed by atoms with Crippen LogP contribution in [0.4, 0.5) is 0 Å². The largest absolute Gasteiger partial charge is 0.0622 e. The van der Waals surface area contributed by atoms with Crippen LogP contribution < -0.4 is 0 Å². The molecule has 0 aliphatic carbocycles. The van der Waals surface area contributed by atoms with E-state index in [9.17, 15) is 0 Å². The Morgan fingerprint density at radius 3 is 1.37 bits per heavy atom. The molecular weight excluding hydrogens is 528 g/mol. The number of hydrogen-bond acceptors (Lipinski definition) is 0. The monoisotopic (exact) mass is 540 g/mol. The fourth-order valence-electron chi connectivity index (χ4n) is 3.10. The van der Waals surface area contributed by atoms with E-state index in [1.165, 1.54) is 33.4 Å². The van der Waals surface area contributed by atoms with Crippen LogP contribution in [0.1, 0.15) is 0 Å². The normalized spacial score (nSPS) is 10.8. The van der Waals surface area contributed by atoms with Crippen LogP contribution in [0.5, 0.6) is 0 Å². The van der Waals surface area contributed by atoms with Crippen molar-refractivity contribution >= 4 is 47.8 Å². The Morgan fingerprint density at radius 1 is 0.407 bits per heavy atom. The van der Waals surface area contributed by atoms with E-state index in [4.69, 9.17) is 0 Å². The molecular formula is C24H15Br3. The Hall–Kier alpha value is -1.68. The smallest absolute Gasteiger partial charge is 0.0332 e. The zero-order chi connectivity index (χ0) is 18.8. The first kappa shape index (κ1) is 18.7. The molecule has 4 aromatic carbocycles. The maximum absolute atomic E-state index is 3.87. The molecule has 0 radical (unpaired) electrons. The lowest BCUT2D eigenvalue weighted by atomic mass is 9.93. The highest BCUT2D eigenvalue weighted by Crippen LogP contribution is 2.41. The molecule has 4 rings (SSSR count). The number of benzene rings is 4. The summed E-state index contributed by atoms with van der Waals surface area (Å²) < 4.78 is 3.27. The number of rotatable bonds is 3. The highest BCUT2D eigenvalue weighted by atomic mass is 79.9. The summed E-state index contributed by atoms with van der Waals surface area (Å²) in [4.78, 5) is 0. The van der Waals surface area contributed by atoms with E-state index in [2.05, 4.69) is 133 Å². The molecule has 0 aliphatic heterocycles. The minimum absolute atomic E-state index is 1.08. The Labute approximate surface area is 184 Å². The van der Waals surface area contributed by atoms with Crippen LogP contribution in [-0.2, 0) is 0 Å². The summed E-state index contributed by atoms with van der Waals surface area (Å²) in [6, 6.07) is 31.9. The lowest BCUT2D eigenvalue weighted by molar-refractivity contribution is 1.53. The molecule has 0 aromatic heterocycles. The van der Waals surface area contributed by atoms with Gasteiger partial charge in [0.15, 0.2) is 0 Å². The molecule has 0 N–H and O–H groups in total. The first-order valence-electron chi connectivity index (χ1n) is 8.53. The molecule has 0 spiro atoms. The maximum Gasteiger partial charge on any atom is 0.0332 e. The van der Waals surface area contributed by atoms with Crippen molar-refractivity contribution in [2.24, 2.45) is 0 Å². The molecule has 27 heavy (non-hydrogen) atoms. The van der Waals surface area contributed by atoms with E-state index in [0.29, 0.717) is 0 Å². The summed E-state index contributed by atoms with van der Waals surface area (Å²) in [5, 5.41) is 0. The minimum atomic E-state index is 1.08. The Kier molecular flexibility index (Phi) is 5.63. The van der Waals surface area contributed by atoms with Gasteiger partial charge in [-0.05, 0) is 85.7 Å². The summed E-state index contributed by atoms with van der Waals surface area (Å²) in [6.07, 6.45) is 0. The summed E-state index contributed by atoms with van der Waals surface area (Å²) in [6.45, 7) is 0. The van der Waals surface area contributed by atoms with Gasteiger partial charge in [0.1, 0.15) is 0 Å². The summed E-state index contributed by atoms with van der Waals surface area (Å²) >= 11 is 10.9. The third kappa shape index (κ3) is 4.11. The Balaban J connectivity index is 1.96. The molecule has 0 saturated heterocycles. The van der Waals surface area contributed by atoms with Crippen molar-refractivity contribution in [1.82, 2.24) is 0 Å². The van der Waals surface area contributed by atoms with Gasteiger partial charge in [-0.3, -0.25) is 0 Å². The molecule has 0 atom stereocenters. The van der Waals surface area contributed by atoms with E-state index < -0.39 is 0 Å². The lowest BCUT2D eigenvalue weighted by Crippen LogP contribution is -1.89. The van der Waals surface area contributed by atoms with Crippen LogP contribution in [-0.4, -0.2) is 0 Å². The second-order valence-electron chi connectivity index (χ2n) is 6.27. The molecule has 0 heterocycles. The topological polar surface area (TPSA) is 0 Å². The lowest BCUT2D eigenvalue weighted by Gasteiger charge is -2.15.